The van der Waals surface area contributed by atoms with E-state index in [0.717, 1.165) is 0 Å². The fourth-order valence-electron chi connectivity index (χ4n) is 0.793. The highest BCUT2D eigenvalue weighted by molar-refractivity contribution is 6.17. The Labute approximate surface area is 100.0 Å². The van der Waals surface area contributed by atoms with Crippen LogP contribution in [-0.4, -0.2) is 30.8 Å². The van der Waals surface area contributed by atoms with Crippen LogP contribution in [0, 0.1) is 0 Å². The lowest BCUT2D eigenvalue weighted by Crippen LogP contribution is -2.34. The number of ether oxygens (including phenoxy) is 1. The van der Waals surface area contributed by atoms with Crippen molar-refractivity contribution in [3.63, 3.8) is 0 Å². The van der Waals surface area contributed by atoms with Crippen LogP contribution in [0.5, 0.6) is 0 Å². The van der Waals surface area contributed by atoms with Gasteiger partial charge in [-0.1, -0.05) is 30.3 Å². The van der Waals surface area contributed by atoms with Crippen molar-refractivity contribution >= 4 is 17.6 Å². The monoisotopic (exact) mass is 245 g/mol. The number of hydrogen-bond donors (Lipinski definition) is 2. The van der Waals surface area contributed by atoms with Gasteiger partial charge in [0.15, 0.2) is 0 Å². The summed E-state index contributed by atoms with van der Waals surface area (Å²) in [5.74, 6) is 0.0217. The maximum absolute atomic E-state index is 10.2. The highest BCUT2D eigenvalue weighted by Gasteiger charge is 2.10. The molecule has 0 amide bonds. The van der Waals surface area contributed by atoms with Gasteiger partial charge in [-0.05, 0) is 5.56 Å². The van der Waals surface area contributed by atoms with E-state index in [4.69, 9.17) is 22.4 Å². The van der Waals surface area contributed by atoms with Gasteiger partial charge in [0.2, 0.25) is 0 Å². The van der Waals surface area contributed by atoms with E-state index < -0.39 is 12.0 Å². The molecule has 0 aromatic heterocycles. The number of alkyl halides is 1. The quantitative estimate of drug-likeness (QED) is 0.613. The van der Waals surface area contributed by atoms with E-state index in [1.165, 1.54) is 12.7 Å². The number of rotatable bonds is 3. The van der Waals surface area contributed by atoms with Crippen LogP contribution < -0.4 is 5.73 Å². The number of aliphatic hydroxyl groups is 1. The second-order valence-corrected chi connectivity index (χ2v) is 3.20. The predicted octanol–water partition coefficient (Wildman–Crippen LogP) is 0.904. The van der Waals surface area contributed by atoms with E-state index in [2.05, 4.69) is 4.74 Å². The van der Waals surface area contributed by atoms with Crippen LogP contribution in [0.1, 0.15) is 5.56 Å². The van der Waals surface area contributed by atoms with Crippen LogP contribution >= 0.6 is 11.6 Å². The van der Waals surface area contributed by atoms with E-state index in [0.29, 0.717) is 5.88 Å². The Balaban J connectivity index is 0.000000281. The minimum Gasteiger partial charge on any atom is -0.468 e. The van der Waals surface area contributed by atoms with Gasteiger partial charge in [0, 0.05) is 5.88 Å². The molecule has 5 heteroatoms. The standard InChI is InChI=1S/C7H7Cl.C4H9NO3/c8-6-7-4-2-1-3-5-7;1-8-4(7)3(5)2-6/h1-5H,6H2;3,6H,2,5H2,1H3. The molecule has 90 valence electrons. The van der Waals surface area contributed by atoms with E-state index in [1.54, 1.807) is 0 Å². The molecule has 0 aliphatic carbocycles. The Morgan fingerprint density at radius 1 is 1.50 bits per heavy atom. The number of halogens is 1. The maximum atomic E-state index is 10.2. The summed E-state index contributed by atoms with van der Waals surface area (Å²) in [6.07, 6.45) is 0. The van der Waals surface area contributed by atoms with Crippen molar-refractivity contribution in [1.29, 1.82) is 0 Å². The lowest BCUT2D eigenvalue weighted by molar-refractivity contribution is -0.143. The molecule has 0 aliphatic rings. The molecule has 1 aromatic rings. The smallest absolute Gasteiger partial charge is 0.325 e. The van der Waals surface area contributed by atoms with Gasteiger partial charge in [0.25, 0.3) is 0 Å². The third kappa shape index (κ3) is 6.40. The number of nitrogens with two attached hydrogens (primary N) is 1. The zero-order valence-corrected chi connectivity index (χ0v) is 9.85. The first-order chi connectivity index (χ1) is 7.65. The van der Waals surface area contributed by atoms with Gasteiger partial charge in [-0.15, -0.1) is 11.6 Å². The molecular formula is C11H16ClNO3. The van der Waals surface area contributed by atoms with Gasteiger partial charge in [-0.3, -0.25) is 4.79 Å². The molecule has 1 unspecified atom stereocenters. The molecule has 4 nitrogen and oxygen atoms in total. The van der Waals surface area contributed by atoms with E-state index in [1.807, 2.05) is 30.3 Å². The Kier molecular flexibility index (Phi) is 8.52. The van der Waals surface area contributed by atoms with Gasteiger partial charge in [0.1, 0.15) is 6.04 Å². The zero-order chi connectivity index (χ0) is 12.4. The molecule has 0 fully saturated rings. The molecule has 0 saturated heterocycles. The molecule has 3 N–H and O–H groups in total. The highest BCUT2D eigenvalue weighted by Crippen LogP contribution is 2.00. The Bertz CT molecular complexity index is 293. The molecule has 1 aromatic carbocycles. The molecule has 16 heavy (non-hydrogen) atoms. The summed E-state index contributed by atoms with van der Waals surface area (Å²) >= 11 is 5.53. The second kappa shape index (κ2) is 9.15. The zero-order valence-electron chi connectivity index (χ0n) is 9.10. The molecule has 1 rings (SSSR count). The molecule has 0 aliphatic heterocycles. The number of hydrogen-bond acceptors (Lipinski definition) is 4. The average Bonchev–Trinajstić information content (AvgIpc) is 2.38. The first kappa shape index (κ1) is 14.9. The van der Waals surface area contributed by atoms with Crippen LogP contribution in [0.15, 0.2) is 30.3 Å². The van der Waals surface area contributed by atoms with E-state index >= 15 is 0 Å². The van der Waals surface area contributed by atoms with Crippen molar-refractivity contribution in [2.24, 2.45) is 5.73 Å². The largest absolute Gasteiger partial charge is 0.468 e. The number of benzene rings is 1. The Morgan fingerprint density at radius 3 is 2.31 bits per heavy atom. The summed E-state index contributed by atoms with van der Waals surface area (Å²) in [6, 6.07) is 9.07. The summed E-state index contributed by atoms with van der Waals surface area (Å²) in [7, 11) is 1.22. The summed E-state index contributed by atoms with van der Waals surface area (Å²) in [4.78, 5) is 10.2. The molecule has 1 atom stereocenters. The number of methoxy groups -OCH3 is 1. The summed E-state index contributed by atoms with van der Waals surface area (Å²) in [6.45, 7) is -0.368. The van der Waals surface area contributed by atoms with Crippen molar-refractivity contribution in [3.05, 3.63) is 35.9 Å². The summed E-state index contributed by atoms with van der Waals surface area (Å²) in [5.41, 5.74) is 6.18. The SMILES string of the molecule is COC(=O)C(N)CO.ClCc1ccccc1. The average molecular weight is 246 g/mol. The number of carbonyl (C=O) groups is 1. The lowest BCUT2D eigenvalue weighted by atomic mass is 10.2. The van der Waals surface area contributed by atoms with Crippen molar-refractivity contribution < 1.29 is 14.6 Å². The van der Waals surface area contributed by atoms with Crippen LogP contribution in [0.2, 0.25) is 0 Å². The number of aliphatic hydroxyl groups excluding tert-OH is 1. The third-order valence-corrected chi connectivity index (χ3v) is 2.01. The third-order valence-electron chi connectivity index (χ3n) is 1.70. The lowest BCUT2D eigenvalue weighted by Gasteiger charge is -2.02. The first-order valence-electron chi connectivity index (χ1n) is 4.69. The second-order valence-electron chi connectivity index (χ2n) is 2.93. The van der Waals surface area contributed by atoms with Gasteiger partial charge in [-0.25, -0.2) is 0 Å². The number of esters is 1. The van der Waals surface area contributed by atoms with Crippen LogP contribution in [0.3, 0.4) is 0 Å². The summed E-state index contributed by atoms with van der Waals surface area (Å²) < 4.78 is 4.18. The van der Waals surface area contributed by atoms with Crippen molar-refractivity contribution in [1.82, 2.24) is 0 Å². The minimum absolute atomic E-state index is 0.368. The fraction of sp³-hybridized carbons (Fsp3) is 0.364. The van der Waals surface area contributed by atoms with Gasteiger partial charge >= 0.3 is 5.97 Å². The normalized spacial score (nSPS) is 11.0. The fourth-order valence-corrected chi connectivity index (χ4v) is 0.971. The predicted molar refractivity (Wildman–Crippen MR) is 63.1 cm³/mol. The Hall–Kier alpha value is -1.10. The van der Waals surface area contributed by atoms with Gasteiger partial charge < -0.3 is 15.6 Å². The van der Waals surface area contributed by atoms with E-state index in [-0.39, 0.29) is 6.61 Å². The molecular weight excluding hydrogens is 230 g/mol. The molecule has 0 saturated carbocycles. The first-order valence-corrected chi connectivity index (χ1v) is 5.23. The van der Waals surface area contributed by atoms with Crippen molar-refractivity contribution in [2.75, 3.05) is 13.7 Å². The van der Waals surface area contributed by atoms with Crippen LogP contribution in [-0.2, 0) is 15.4 Å². The van der Waals surface area contributed by atoms with Crippen LogP contribution in [0.4, 0.5) is 0 Å². The maximum Gasteiger partial charge on any atom is 0.325 e. The van der Waals surface area contributed by atoms with Gasteiger partial charge in [0.05, 0.1) is 13.7 Å². The molecule has 0 bridgehead atoms. The van der Waals surface area contributed by atoms with Crippen molar-refractivity contribution in [2.45, 2.75) is 11.9 Å². The van der Waals surface area contributed by atoms with Crippen LogP contribution in [0.25, 0.3) is 0 Å². The minimum atomic E-state index is -0.889. The van der Waals surface area contributed by atoms with Gasteiger partial charge in [-0.2, -0.15) is 0 Å². The molecule has 0 heterocycles. The highest BCUT2D eigenvalue weighted by atomic mass is 35.5. The summed E-state index contributed by atoms with van der Waals surface area (Å²) in [5, 5.41) is 8.21. The molecule has 0 spiro atoms. The topological polar surface area (TPSA) is 72.5 Å². The Morgan fingerprint density at radius 2 is 2.06 bits per heavy atom. The molecule has 0 radical (unpaired) electrons. The number of carbonyl (C=O) groups excluding carboxylic acids is 1. The van der Waals surface area contributed by atoms with E-state index in [9.17, 15) is 4.79 Å². The van der Waals surface area contributed by atoms with Crippen molar-refractivity contribution in [3.8, 4) is 0 Å².